The van der Waals surface area contributed by atoms with Crippen molar-refractivity contribution in [1.29, 1.82) is 0 Å². The minimum atomic E-state index is -0.249. The van der Waals surface area contributed by atoms with Gasteiger partial charge in [0.1, 0.15) is 5.75 Å². The number of phenolic OH excluding ortho intramolecular Hbond substituents is 1. The van der Waals surface area contributed by atoms with E-state index in [0.717, 1.165) is 19.4 Å². The molecule has 0 aromatic heterocycles. The molecule has 4 heteroatoms. The van der Waals surface area contributed by atoms with Crippen LogP contribution in [0.25, 0.3) is 0 Å². The van der Waals surface area contributed by atoms with Crippen LogP contribution in [-0.2, 0) is 6.42 Å². The van der Waals surface area contributed by atoms with Crippen LogP contribution in [-0.4, -0.2) is 30.1 Å². The number of aromatic hydroxyl groups is 1. The van der Waals surface area contributed by atoms with Crippen LogP contribution in [0.1, 0.15) is 34.8 Å². The molecular formula is C20H26N2O2. The van der Waals surface area contributed by atoms with Gasteiger partial charge >= 0.3 is 0 Å². The highest BCUT2D eigenvalue weighted by Gasteiger charge is 2.14. The molecule has 0 fully saturated rings. The zero-order valence-corrected chi connectivity index (χ0v) is 14.4. The normalized spacial score (nSPS) is 11.9. The lowest BCUT2D eigenvalue weighted by Gasteiger charge is -2.20. The van der Waals surface area contributed by atoms with Crippen LogP contribution in [0.2, 0.25) is 0 Å². The van der Waals surface area contributed by atoms with Crippen molar-refractivity contribution in [3.63, 3.8) is 0 Å². The summed E-state index contributed by atoms with van der Waals surface area (Å²) in [6, 6.07) is 15.1. The SMILES string of the molecule is CCCNC(CNC(=O)c1ccccc1O)Cc1ccccc1C. The minimum Gasteiger partial charge on any atom is -0.507 e. The average molecular weight is 326 g/mol. The van der Waals surface area contributed by atoms with Crippen LogP contribution in [0.3, 0.4) is 0 Å². The molecular weight excluding hydrogens is 300 g/mol. The number of amides is 1. The molecule has 0 aliphatic carbocycles. The lowest BCUT2D eigenvalue weighted by Crippen LogP contribution is -2.42. The summed E-state index contributed by atoms with van der Waals surface area (Å²) >= 11 is 0. The van der Waals surface area contributed by atoms with Gasteiger partial charge < -0.3 is 15.7 Å². The van der Waals surface area contributed by atoms with Crippen molar-refractivity contribution in [2.45, 2.75) is 32.7 Å². The number of rotatable bonds is 8. The van der Waals surface area contributed by atoms with Crippen LogP contribution in [0.15, 0.2) is 48.5 Å². The maximum Gasteiger partial charge on any atom is 0.255 e. The maximum absolute atomic E-state index is 12.3. The quantitative estimate of drug-likeness (QED) is 0.699. The Morgan fingerprint density at radius 3 is 2.54 bits per heavy atom. The van der Waals surface area contributed by atoms with Crippen molar-refractivity contribution in [3.05, 3.63) is 65.2 Å². The van der Waals surface area contributed by atoms with Crippen molar-refractivity contribution in [1.82, 2.24) is 10.6 Å². The number of para-hydroxylation sites is 1. The molecule has 24 heavy (non-hydrogen) atoms. The van der Waals surface area contributed by atoms with Gasteiger partial charge in [-0.05, 0) is 49.6 Å². The number of benzene rings is 2. The molecule has 0 saturated heterocycles. The van der Waals surface area contributed by atoms with Crippen molar-refractivity contribution < 1.29 is 9.90 Å². The molecule has 1 unspecified atom stereocenters. The summed E-state index contributed by atoms with van der Waals surface area (Å²) in [5.74, 6) is -0.242. The van der Waals surface area contributed by atoms with Gasteiger partial charge in [0.15, 0.2) is 0 Å². The average Bonchev–Trinajstić information content (AvgIpc) is 2.59. The minimum absolute atomic E-state index is 0.00645. The van der Waals surface area contributed by atoms with Crippen LogP contribution in [0.5, 0.6) is 5.75 Å². The maximum atomic E-state index is 12.3. The van der Waals surface area contributed by atoms with Crippen molar-refractivity contribution >= 4 is 5.91 Å². The van der Waals surface area contributed by atoms with E-state index in [1.807, 2.05) is 12.1 Å². The van der Waals surface area contributed by atoms with Crippen LogP contribution >= 0.6 is 0 Å². The molecule has 1 amide bonds. The van der Waals surface area contributed by atoms with Gasteiger partial charge in [0, 0.05) is 12.6 Å². The molecule has 128 valence electrons. The van der Waals surface area contributed by atoms with Gasteiger partial charge in [0.25, 0.3) is 5.91 Å². The van der Waals surface area contributed by atoms with Gasteiger partial charge in [-0.3, -0.25) is 4.79 Å². The summed E-state index contributed by atoms with van der Waals surface area (Å²) in [6.07, 6.45) is 1.89. The third kappa shape index (κ3) is 5.10. The second-order valence-corrected chi connectivity index (χ2v) is 6.01. The Balaban J connectivity index is 1.99. The molecule has 2 rings (SSSR count). The highest BCUT2D eigenvalue weighted by Crippen LogP contribution is 2.15. The molecule has 0 bridgehead atoms. The fourth-order valence-electron chi connectivity index (χ4n) is 2.65. The van der Waals surface area contributed by atoms with Gasteiger partial charge in [-0.2, -0.15) is 0 Å². The second-order valence-electron chi connectivity index (χ2n) is 6.01. The Bertz CT molecular complexity index is 670. The number of carbonyl (C=O) groups excluding carboxylic acids is 1. The zero-order chi connectivity index (χ0) is 17.4. The van der Waals surface area contributed by atoms with Crippen LogP contribution < -0.4 is 10.6 Å². The molecule has 3 N–H and O–H groups in total. The fourth-order valence-corrected chi connectivity index (χ4v) is 2.65. The fraction of sp³-hybridized carbons (Fsp3) is 0.350. The predicted molar refractivity (Wildman–Crippen MR) is 97.4 cm³/mol. The molecule has 0 saturated carbocycles. The first-order chi connectivity index (χ1) is 11.6. The first-order valence-electron chi connectivity index (χ1n) is 8.46. The third-order valence-electron chi connectivity index (χ3n) is 4.07. The second kappa shape index (κ2) is 9.08. The Kier molecular flexibility index (Phi) is 6.82. The lowest BCUT2D eigenvalue weighted by molar-refractivity contribution is 0.0946. The first kappa shape index (κ1) is 18.0. The van der Waals surface area contributed by atoms with Crippen LogP contribution in [0, 0.1) is 6.92 Å². The molecule has 2 aromatic carbocycles. The summed E-state index contributed by atoms with van der Waals surface area (Å²) in [6.45, 7) is 5.65. The largest absolute Gasteiger partial charge is 0.507 e. The number of hydrogen-bond donors (Lipinski definition) is 3. The predicted octanol–water partition coefficient (Wildman–Crippen LogP) is 3.04. The summed E-state index contributed by atoms with van der Waals surface area (Å²) in [5.41, 5.74) is 2.85. The number of carbonyl (C=O) groups is 1. The monoisotopic (exact) mass is 326 g/mol. The van der Waals surface area contributed by atoms with Crippen molar-refractivity contribution in [3.8, 4) is 5.75 Å². The Hall–Kier alpha value is -2.33. The van der Waals surface area contributed by atoms with E-state index in [2.05, 4.69) is 36.6 Å². The van der Waals surface area contributed by atoms with E-state index >= 15 is 0 Å². The number of aryl methyl sites for hydroxylation is 1. The van der Waals surface area contributed by atoms with E-state index in [1.165, 1.54) is 17.2 Å². The Labute approximate surface area is 143 Å². The zero-order valence-electron chi connectivity index (χ0n) is 14.4. The molecule has 2 aromatic rings. The number of hydrogen-bond acceptors (Lipinski definition) is 3. The van der Waals surface area contributed by atoms with E-state index < -0.39 is 0 Å². The van der Waals surface area contributed by atoms with Crippen LogP contribution in [0.4, 0.5) is 0 Å². The molecule has 0 aliphatic rings. The summed E-state index contributed by atoms with van der Waals surface area (Å²) < 4.78 is 0. The molecule has 1 atom stereocenters. The standard InChI is InChI=1S/C20H26N2O2/c1-3-12-21-17(13-16-9-5-4-8-15(16)2)14-22-20(24)18-10-6-7-11-19(18)23/h4-11,17,21,23H,3,12-14H2,1-2H3,(H,22,24). The third-order valence-corrected chi connectivity index (χ3v) is 4.07. The van der Waals surface area contributed by atoms with E-state index in [1.54, 1.807) is 18.2 Å². The molecule has 0 radical (unpaired) electrons. The lowest BCUT2D eigenvalue weighted by atomic mass is 10.0. The number of phenols is 1. The van der Waals surface area contributed by atoms with E-state index in [0.29, 0.717) is 12.1 Å². The van der Waals surface area contributed by atoms with E-state index in [4.69, 9.17) is 0 Å². The molecule has 4 nitrogen and oxygen atoms in total. The first-order valence-corrected chi connectivity index (χ1v) is 8.46. The highest BCUT2D eigenvalue weighted by molar-refractivity contribution is 5.96. The topological polar surface area (TPSA) is 61.4 Å². The van der Waals surface area contributed by atoms with Gasteiger partial charge in [0.2, 0.25) is 0 Å². The number of nitrogens with one attached hydrogen (secondary N) is 2. The highest BCUT2D eigenvalue weighted by atomic mass is 16.3. The van der Waals surface area contributed by atoms with Gasteiger partial charge in [-0.25, -0.2) is 0 Å². The Morgan fingerprint density at radius 2 is 1.83 bits per heavy atom. The van der Waals surface area contributed by atoms with E-state index in [-0.39, 0.29) is 17.7 Å². The molecule has 0 heterocycles. The summed E-state index contributed by atoms with van der Waals surface area (Å²) in [4.78, 5) is 12.3. The molecule has 0 spiro atoms. The van der Waals surface area contributed by atoms with Gasteiger partial charge in [-0.15, -0.1) is 0 Å². The van der Waals surface area contributed by atoms with Gasteiger partial charge in [0.05, 0.1) is 5.56 Å². The summed E-state index contributed by atoms with van der Waals surface area (Å²) in [5, 5.41) is 16.2. The molecule has 0 aliphatic heterocycles. The van der Waals surface area contributed by atoms with Crippen molar-refractivity contribution in [2.24, 2.45) is 0 Å². The Morgan fingerprint density at radius 1 is 1.12 bits per heavy atom. The smallest absolute Gasteiger partial charge is 0.255 e. The summed E-state index contributed by atoms with van der Waals surface area (Å²) in [7, 11) is 0. The van der Waals surface area contributed by atoms with Gasteiger partial charge in [-0.1, -0.05) is 43.3 Å². The van der Waals surface area contributed by atoms with E-state index in [9.17, 15) is 9.90 Å². The van der Waals surface area contributed by atoms with Crippen molar-refractivity contribution in [2.75, 3.05) is 13.1 Å².